The van der Waals surface area contributed by atoms with Crippen molar-refractivity contribution in [1.82, 2.24) is 10.6 Å². The second kappa shape index (κ2) is 11.6. The summed E-state index contributed by atoms with van der Waals surface area (Å²) in [5.41, 5.74) is 0. The maximum Gasteiger partial charge on any atom is 0.303 e. The van der Waals surface area contributed by atoms with E-state index in [-0.39, 0.29) is 23.0 Å². The van der Waals surface area contributed by atoms with Gasteiger partial charge in [0.05, 0.1) is 0 Å². The first-order chi connectivity index (χ1) is 10.6. The number of hydrogen-bond acceptors (Lipinski definition) is 5. The molecule has 0 aromatic carbocycles. The van der Waals surface area contributed by atoms with Gasteiger partial charge in [0.1, 0.15) is 6.04 Å². The number of aliphatic carboxylic acids is 1. The Balaban J connectivity index is 4.09. The molecule has 0 aromatic heterocycles. The van der Waals surface area contributed by atoms with E-state index in [0.29, 0.717) is 18.7 Å². The topological polar surface area (TPSA) is 95.5 Å². The summed E-state index contributed by atoms with van der Waals surface area (Å²) >= 11 is 0. The van der Waals surface area contributed by atoms with Crippen molar-refractivity contribution in [2.24, 2.45) is 0 Å². The number of carboxylic acid groups (broad SMARTS) is 1. The van der Waals surface area contributed by atoms with Crippen molar-refractivity contribution in [2.45, 2.75) is 64.2 Å². The predicted molar refractivity (Wildman–Crippen MR) is 96.5 cm³/mol. The molecule has 0 aliphatic carbocycles. The zero-order chi connectivity index (χ0) is 17.9. The van der Waals surface area contributed by atoms with Gasteiger partial charge in [0.2, 0.25) is 11.8 Å². The molecule has 0 saturated heterocycles. The van der Waals surface area contributed by atoms with Gasteiger partial charge < -0.3 is 15.7 Å². The van der Waals surface area contributed by atoms with Crippen molar-refractivity contribution >= 4 is 39.4 Å². The average molecular weight is 365 g/mol. The lowest BCUT2D eigenvalue weighted by Gasteiger charge is -2.20. The minimum Gasteiger partial charge on any atom is -0.481 e. The molecule has 0 spiro atoms. The highest BCUT2D eigenvalue weighted by Crippen LogP contribution is 2.35. The standard InChI is InChI=1S/C15H28N2O4S2/c1-11(18)17-12(10-22-23-15(2,3)4)14(21)16-9-7-5-6-8-13(19)20/h12H,5-10H2,1-4H3,(H,16,21)(H,17,18)(H,19,20). The molecule has 0 bridgehead atoms. The van der Waals surface area contributed by atoms with Crippen LogP contribution in [0.2, 0.25) is 0 Å². The van der Waals surface area contributed by atoms with Gasteiger partial charge in [-0.15, -0.1) is 0 Å². The van der Waals surface area contributed by atoms with Crippen LogP contribution < -0.4 is 10.6 Å². The Bertz CT molecular complexity index is 397. The van der Waals surface area contributed by atoms with Crippen LogP contribution >= 0.6 is 21.6 Å². The van der Waals surface area contributed by atoms with Gasteiger partial charge >= 0.3 is 5.97 Å². The van der Waals surface area contributed by atoms with Gasteiger partial charge in [-0.05, 0) is 12.8 Å². The third kappa shape index (κ3) is 14.4. The van der Waals surface area contributed by atoms with Gasteiger partial charge in [-0.2, -0.15) is 0 Å². The number of carboxylic acids is 1. The molecule has 134 valence electrons. The van der Waals surface area contributed by atoms with Gasteiger partial charge in [0.15, 0.2) is 0 Å². The van der Waals surface area contributed by atoms with Crippen molar-refractivity contribution < 1.29 is 19.5 Å². The number of carbonyl (C=O) groups excluding carboxylic acids is 2. The Morgan fingerprint density at radius 2 is 1.78 bits per heavy atom. The Labute approximate surface area is 146 Å². The summed E-state index contributed by atoms with van der Waals surface area (Å²) in [6.45, 7) is 8.17. The van der Waals surface area contributed by atoms with Crippen LogP contribution in [0.15, 0.2) is 0 Å². The molecule has 1 unspecified atom stereocenters. The molecular formula is C15H28N2O4S2. The van der Waals surface area contributed by atoms with E-state index < -0.39 is 12.0 Å². The van der Waals surface area contributed by atoms with E-state index in [9.17, 15) is 14.4 Å². The maximum absolute atomic E-state index is 12.1. The molecule has 0 aliphatic heterocycles. The Hall–Kier alpha value is -0.890. The van der Waals surface area contributed by atoms with Gasteiger partial charge in [0, 0.05) is 30.4 Å². The van der Waals surface area contributed by atoms with E-state index in [1.54, 1.807) is 21.6 Å². The van der Waals surface area contributed by atoms with Gasteiger partial charge in [-0.25, -0.2) is 0 Å². The fourth-order valence-electron chi connectivity index (χ4n) is 1.62. The van der Waals surface area contributed by atoms with Crippen LogP contribution in [0.4, 0.5) is 0 Å². The van der Waals surface area contributed by atoms with E-state index in [1.165, 1.54) is 6.92 Å². The molecule has 0 fully saturated rings. The molecule has 0 radical (unpaired) electrons. The highest BCUT2D eigenvalue weighted by Gasteiger charge is 2.21. The smallest absolute Gasteiger partial charge is 0.303 e. The first-order valence-corrected chi connectivity index (χ1v) is 10.0. The zero-order valence-corrected chi connectivity index (χ0v) is 15.9. The summed E-state index contributed by atoms with van der Waals surface area (Å²) in [5.74, 6) is -0.714. The second-order valence-corrected chi connectivity index (χ2v) is 9.40. The summed E-state index contributed by atoms with van der Waals surface area (Å²) in [6.07, 6.45) is 2.25. The third-order valence-electron chi connectivity index (χ3n) is 2.60. The van der Waals surface area contributed by atoms with Crippen LogP contribution in [0.1, 0.15) is 53.4 Å². The average Bonchev–Trinajstić information content (AvgIpc) is 2.39. The molecule has 2 amide bonds. The summed E-state index contributed by atoms with van der Waals surface area (Å²) in [5, 5.41) is 14.0. The van der Waals surface area contributed by atoms with Gasteiger partial charge in [0.25, 0.3) is 0 Å². The van der Waals surface area contributed by atoms with Crippen LogP contribution in [-0.2, 0) is 14.4 Å². The van der Waals surface area contributed by atoms with E-state index in [4.69, 9.17) is 5.11 Å². The largest absolute Gasteiger partial charge is 0.481 e. The number of hydrogen-bond donors (Lipinski definition) is 3. The molecule has 8 heteroatoms. The molecule has 0 aromatic rings. The molecule has 6 nitrogen and oxygen atoms in total. The Morgan fingerprint density at radius 1 is 1.13 bits per heavy atom. The molecule has 0 rings (SSSR count). The van der Waals surface area contributed by atoms with Crippen LogP contribution in [0, 0.1) is 0 Å². The number of unbranched alkanes of at least 4 members (excludes halogenated alkanes) is 2. The van der Waals surface area contributed by atoms with Gasteiger partial charge in [-0.1, -0.05) is 48.8 Å². The molecule has 3 N–H and O–H groups in total. The van der Waals surface area contributed by atoms with Crippen molar-refractivity contribution in [3.8, 4) is 0 Å². The van der Waals surface area contributed by atoms with E-state index >= 15 is 0 Å². The quantitative estimate of drug-likeness (QED) is 0.385. The first kappa shape index (κ1) is 22.1. The van der Waals surface area contributed by atoms with E-state index in [2.05, 4.69) is 31.4 Å². The monoisotopic (exact) mass is 364 g/mol. The Morgan fingerprint density at radius 3 is 2.30 bits per heavy atom. The predicted octanol–water partition coefficient (Wildman–Crippen LogP) is 2.43. The lowest BCUT2D eigenvalue weighted by atomic mass is 10.2. The lowest BCUT2D eigenvalue weighted by molar-refractivity contribution is -0.137. The van der Waals surface area contributed by atoms with Crippen LogP contribution in [0.25, 0.3) is 0 Å². The molecule has 0 heterocycles. The van der Waals surface area contributed by atoms with Crippen molar-refractivity contribution in [3.05, 3.63) is 0 Å². The summed E-state index contributed by atoms with van der Waals surface area (Å²) in [4.78, 5) is 33.8. The normalized spacial score (nSPS) is 12.5. The number of rotatable bonds is 11. The number of carbonyl (C=O) groups is 3. The van der Waals surface area contributed by atoms with E-state index in [1.807, 2.05) is 0 Å². The van der Waals surface area contributed by atoms with Gasteiger partial charge in [-0.3, -0.25) is 14.4 Å². The third-order valence-corrected chi connectivity index (χ3v) is 5.95. The number of amides is 2. The minimum atomic E-state index is -0.798. The van der Waals surface area contributed by atoms with Crippen LogP contribution in [0.5, 0.6) is 0 Å². The first-order valence-electron chi connectivity index (χ1n) is 7.69. The second-order valence-electron chi connectivity index (χ2n) is 6.23. The summed E-state index contributed by atoms with van der Waals surface area (Å²) in [7, 11) is 3.24. The lowest BCUT2D eigenvalue weighted by Crippen LogP contribution is -2.47. The highest BCUT2D eigenvalue weighted by atomic mass is 33.1. The van der Waals surface area contributed by atoms with E-state index in [0.717, 1.165) is 12.8 Å². The zero-order valence-electron chi connectivity index (χ0n) is 14.3. The van der Waals surface area contributed by atoms with Crippen LogP contribution in [0.3, 0.4) is 0 Å². The highest BCUT2D eigenvalue weighted by molar-refractivity contribution is 8.77. The molecule has 0 saturated carbocycles. The summed E-state index contributed by atoms with van der Waals surface area (Å²) < 4.78 is 0.0893. The molecular weight excluding hydrogens is 336 g/mol. The summed E-state index contributed by atoms with van der Waals surface area (Å²) in [6, 6.07) is -0.550. The molecule has 23 heavy (non-hydrogen) atoms. The molecule has 1 atom stereocenters. The molecule has 0 aliphatic rings. The van der Waals surface area contributed by atoms with Crippen molar-refractivity contribution in [2.75, 3.05) is 12.3 Å². The van der Waals surface area contributed by atoms with Crippen molar-refractivity contribution in [1.29, 1.82) is 0 Å². The Kier molecular flexibility index (Phi) is 11.2. The van der Waals surface area contributed by atoms with Crippen molar-refractivity contribution in [3.63, 3.8) is 0 Å². The SMILES string of the molecule is CC(=O)NC(CSSC(C)(C)C)C(=O)NCCCCCC(=O)O. The minimum absolute atomic E-state index is 0.0893. The fraction of sp³-hybridized carbons (Fsp3) is 0.800. The maximum atomic E-state index is 12.1. The van der Waals surface area contributed by atoms with Crippen LogP contribution in [-0.4, -0.2) is 46.0 Å². The fourth-order valence-corrected chi connectivity index (χ4v) is 4.09. The number of nitrogens with one attached hydrogen (secondary N) is 2.